The molecule has 1 aromatic rings. The summed E-state index contributed by atoms with van der Waals surface area (Å²) in [6.07, 6.45) is 0. The number of ketones is 1. The van der Waals surface area contributed by atoms with Crippen LogP contribution in [0.25, 0.3) is 0 Å². The molecule has 1 aromatic heterocycles. The first kappa shape index (κ1) is 9.92. The van der Waals surface area contributed by atoms with Crippen LogP contribution >= 0.6 is 0 Å². The molecule has 1 rings (SSSR count). The molecule has 0 saturated carbocycles. The van der Waals surface area contributed by atoms with Crippen molar-refractivity contribution < 1.29 is 4.79 Å². The standard InChI is InChI=1S/C9H15N3O/c1-6-9(8(13)5-10-3)7(2)12(4)11-6/h10H,5H2,1-4H3. The molecule has 0 aliphatic heterocycles. The van der Waals surface area contributed by atoms with Gasteiger partial charge in [0.2, 0.25) is 0 Å². The highest BCUT2D eigenvalue weighted by molar-refractivity contribution is 5.99. The van der Waals surface area contributed by atoms with Gasteiger partial charge in [-0.15, -0.1) is 0 Å². The number of Topliss-reactive ketones (excluding diaryl/α,β-unsaturated/α-hetero) is 1. The van der Waals surface area contributed by atoms with Crippen LogP contribution < -0.4 is 5.32 Å². The molecule has 0 atom stereocenters. The number of hydrogen-bond acceptors (Lipinski definition) is 3. The van der Waals surface area contributed by atoms with E-state index < -0.39 is 0 Å². The number of hydrogen-bond donors (Lipinski definition) is 1. The predicted octanol–water partition coefficient (Wildman–Crippen LogP) is 0.439. The lowest BCUT2D eigenvalue weighted by Crippen LogP contribution is -2.19. The molecule has 0 aromatic carbocycles. The number of likely N-dealkylation sites (N-methyl/N-ethyl adjacent to an activating group) is 1. The molecule has 0 radical (unpaired) electrons. The molecule has 0 unspecified atom stereocenters. The van der Waals surface area contributed by atoms with E-state index in [4.69, 9.17) is 0 Å². The molecule has 4 nitrogen and oxygen atoms in total. The minimum atomic E-state index is 0.102. The molecule has 0 saturated heterocycles. The van der Waals surface area contributed by atoms with Crippen LogP contribution in [0.2, 0.25) is 0 Å². The number of nitrogens with one attached hydrogen (secondary N) is 1. The van der Waals surface area contributed by atoms with Gasteiger partial charge in [-0.2, -0.15) is 5.10 Å². The first-order valence-corrected chi connectivity index (χ1v) is 4.26. The number of nitrogens with zero attached hydrogens (tertiary/aromatic N) is 2. The predicted molar refractivity (Wildman–Crippen MR) is 50.9 cm³/mol. The maximum atomic E-state index is 11.6. The Morgan fingerprint density at radius 3 is 2.54 bits per heavy atom. The van der Waals surface area contributed by atoms with Crippen LogP contribution in [0.1, 0.15) is 21.7 Å². The van der Waals surface area contributed by atoms with Crippen molar-refractivity contribution in [3.63, 3.8) is 0 Å². The van der Waals surface area contributed by atoms with Gasteiger partial charge >= 0.3 is 0 Å². The Morgan fingerprint density at radius 1 is 1.54 bits per heavy atom. The fourth-order valence-corrected chi connectivity index (χ4v) is 1.43. The third kappa shape index (κ3) is 1.78. The summed E-state index contributed by atoms with van der Waals surface area (Å²) in [5, 5.41) is 7.03. The maximum Gasteiger partial charge on any atom is 0.180 e. The second-order valence-corrected chi connectivity index (χ2v) is 3.12. The fraction of sp³-hybridized carbons (Fsp3) is 0.556. The Hall–Kier alpha value is -1.16. The Bertz CT molecular complexity index is 328. The van der Waals surface area contributed by atoms with E-state index in [1.165, 1.54) is 0 Å². The second-order valence-electron chi connectivity index (χ2n) is 3.12. The van der Waals surface area contributed by atoms with Crippen molar-refractivity contribution in [2.24, 2.45) is 7.05 Å². The second kappa shape index (κ2) is 3.70. The average Bonchev–Trinajstić information content (AvgIpc) is 2.27. The summed E-state index contributed by atoms with van der Waals surface area (Å²) in [6.45, 7) is 4.13. The highest BCUT2D eigenvalue weighted by atomic mass is 16.1. The molecule has 4 heteroatoms. The van der Waals surface area contributed by atoms with Crippen molar-refractivity contribution in [2.75, 3.05) is 13.6 Å². The van der Waals surface area contributed by atoms with E-state index in [1.54, 1.807) is 11.7 Å². The fourth-order valence-electron chi connectivity index (χ4n) is 1.43. The Kier molecular flexibility index (Phi) is 2.83. The van der Waals surface area contributed by atoms with Gasteiger partial charge in [-0.25, -0.2) is 0 Å². The molecule has 0 fully saturated rings. The molecular weight excluding hydrogens is 166 g/mol. The normalized spacial score (nSPS) is 10.5. The van der Waals surface area contributed by atoms with E-state index in [0.717, 1.165) is 17.0 Å². The average molecular weight is 181 g/mol. The van der Waals surface area contributed by atoms with Gasteiger partial charge in [0.15, 0.2) is 5.78 Å². The zero-order chi connectivity index (χ0) is 10.0. The summed E-state index contributed by atoms with van der Waals surface area (Å²) < 4.78 is 1.73. The van der Waals surface area contributed by atoms with Gasteiger partial charge in [0.25, 0.3) is 0 Å². The lowest BCUT2D eigenvalue weighted by molar-refractivity contribution is 0.0992. The van der Waals surface area contributed by atoms with Crippen molar-refractivity contribution in [3.05, 3.63) is 17.0 Å². The van der Waals surface area contributed by atoms with E-state index >= 15 is 0 Å². The van der Waals surface area contributed by atoms with Gasteiger partial charge in [0.1, 0.15) is 0 Å². The Morgan fingerprint density at radius 2 is 2.15 bits per heavy atom. The maximum absolute atomic E-state index is 11.6. The minimum absolute atomic E-state index is 0.102. The van der Waals surface area contributed by atoms with Gasteiger partial charge in [0, 0.05) is 12.7 Å². The molecule has 0 amide bonds. The monoisotopic (exact) mass is 181 g/mol. The zero-order valence-electron chi connectivity index (χ0n) is 8.51. The lowest BCUT2D eigenvalue weighted by atomic mass is 10.1. The summed E-state index contributed by atoms with van der Waals surface area (Å²) in [5.74, 6) is 0.102. The first-order valence-electron chi connectivity index (χ1n) is 4.26. The summed E-state index contributed by atoms with van der Waals surface area (Å²) in [7, 11) is 3.61. The summed E-state index contributed by atoms with van der Waals surface area (Å²) in [5.41, 5.74) is 2.48. The number of aromatic nitrogens is 2. The summed E-state index contributed by atoms with van der Waals surface area (Å²) >= 11 is 0. The highest BCUT2D eigenvalue weighted by Gasteiger charge is 2.15. The van der Waals surface area contributed by atoms with Gasteiger partial charge in [-0.05, 0) is 20.9 Å². The molecule has 0 aliphatic carbocycles. The van der Waals surface area contributed by atoms with E-state index in [9.17, 15) is 4.79 Å². The third-order valence-corrected chi connectivity index (χ3v) is 2.13. The van der Waals surface area contributed by atoms with Crippen molar-refractivity contribution in [3.8, 4) is 0 Å². The van der Waals surface area contributed by atoms with Crippen LogP contribution in [-0.2, 0) is 7.05 Å². The quantitative estimate of drug-likeness (QED) is 0.688. The number of carbonyl (C=O) groups is 1. The first-order chi connectivity index (χ1) is 6.07. The van der Waals surface area contributed by atoms with Gasteiger partial charge < -0.3 is 5.32 Å². The minimum Gasteiger partial charge on any atom is -0.313 e. The smallest absolute Gasteiger partial charge is 0.180 e. The summed E-state index contributed by atoms with van der Waals surface area (Å²) in [6, 6.07) is 0. The summed E-state index contributed by atoms with van der Waals surface area (Å²) in [4.78, 5) is 11.6. The lowest BCUT2D eigenvalue weighted by Gasteiger charge is -1.99. The van der Waals surface area contributed by atoms with Crippen LogP contribution in [0.5, 0.6) is 0 Å². The molecular formula is C9H15N3O. The molecule has 1 N–H and O–H groups in total. The van der Waals surface area contributed by atoms with Crippen LogP contribution in [-0.4, -0.2) is 29.2 Å². The third-order valence-electron chi connectivity index (χ3n) is 2.13. The van der Waals surface area contributed by atoms with E-state index in [1.807, 2.05) is 20.9 Å². The molecule has 1 heterocycles. The van der Waals surface area contributed by atoms with Crippen molar-refractivity contribution in [1.29, 1.82) is 0 Å². The van der Waals surface area contributed by atoms with Crippen molar-refractivity contribution >= 4 is 5.78 Å². The van der Waals surface area contributed by atoms with Crippen molar-refractivity contribution in [2.45, 2.75) is 13.8 Å². The van der Waals surface area contributed by atoms with Crippen LogP contribution in [0.4, 0.5) is 0 Å². The molecule has 72 valence electrons. The zero-order valence-corrected chi connectivity index (χ0v) is 8.51. The Labute approximate surface area is 77.9 Å². The van der Waals surface area contributed by atoms with Crippen LogP contribution in [0.15, 0.2) is 0 Å². The van der Waals surface area contributed by atoms with E-state index in [2.05, 4.69) is 10.4 Å². The number of rotatable bonds is 3. The topological polar surface area (TPSA) is 46.9 Å². The molecule has 0 bridgehead atoms. The largest absolute Gasteiger partial charge is 0.313 e. The van der Waals surface area contributed by atoms with Crippen LogP contribution in [0, 0.1) is 13.8 Å². The molecule has 0 spiro atoms. The number of aryl methyl sites for hydroxylation is 2. The van der Waals surface area contributed by atoms with Gasteiger partial charge in [-0.1, -0.05) is 0 Å². The highest BCUT2D eigenvalue weighted by Crippen LogP contribution is 2.11. The van der Waals surface area contributed by atoms with Crippen LogP contribution in [0.3, 0.4) is 0 Å². The SMILES string of the molecule is CNCC(=O)c1c(C)nn(C)c1C. The van der Waals surface area contributed by atoms with E-state index in [0.29, 0.717) is 6.54 Å². The Balaban J connectivity index is 3.06. The number of carbonyl (C=O) groups excluding carboxylic acids is 1. The van der Waals surface area contributed by atoms with Gasteiger partial charge in [-0.3, -0.25) is 9.48 Å². The van der Waals surface area contributed by atoms with Crippen molar-refractivity contribution in [1.82, 2.24) is 15.1 Å². The molecule has 0 aliphatic rings. The molecule has 13 heavy (non-hydrogen) atoms. The van der Waals surface area contributed by atoms with Gasteiger partial charge in [0.05, 0.1) is 17.8 Å². The van der Waals surface area contributed by atoms with E-state index in [-0.39, 0.29) is 5.78 Å².